The van der Waals surface area contributed by atoms with Crippen molar-refractivity contribution in [3.05, 3.63) is 0 Å². The number of hydrogen-bond acceptors (Lipinski definition) is 3. The molecule has 1 aliphatic rings. The summed E-state index contributed by atoms with van der Waals surface area (Å²) in [7, 11) is 0. The Balaban J connectivity index is 2.77. The largest absolute Gasteiger partial charge is 0.465 e. The van der Waals surface area contributed by atoms with Crippen LogP contribution in [0.3, 0.4) is 0 Å². The van der Waals surface area contributed by atoms with Gasteiger partial charge >= 0.3 is 5.97 Å². The van der Waals surface area contributed by atoms with Gasteiger partial charge in [-0.1, -0.05) is 6.92 Å². The van der Waals surface area contributed by atoms with Crippen LogP contribution in [0.4, 0.5) is 0 Å². The van der Waals surface area contributed by atoms with Crippen LogP contribution in [-0.4, -0.2) is 18.4 Å². The molecule has 3 nitrogen and oxygen atoms in total. The predicted molar refractivity (Wildman–Crippen MR) is 48.1 cm³/mol. The van der Waals surface area contributed by atoms with Crippen molar-refractivity contribution < 1.29 is 14.3 Å². The molecule has 0 radical (unpaired) electrons. The average Bonchev–Trinajstić information content (AvgIpc) is 2.35. The Kier molecular flexibility index (Phi) is 2.74. The second kappa shape index (κ2) is 3.48. The number of ether oxygens (including phenoxy) is 1. The maximum absolute atomic E-state index is 11.6. The van der Waals surface area contributed by atoms with Crippen molar-refractivity contribution in [1.29, 1.82) is 0 Å². The summed E-state index contributed by atoms with van der Waals surface area (Å²) in [5.41, 5.74) is -0.866. The lowest BCUT2D eigenvalue weighted by molar-refractivity contribution is -0.158. The first-order chi connectivity index (χ1) is 6.02. The van der Waals surface area contributed by atoms with Crippen molar-refractivity contribution in [2.45, 2.75) is 33.6 Å². The lowest BCUT2D eigenvalue weighted by Gasteiger charge is -2.19. The van der Waals surface area contributed by atoms with Crippen LogP contribution in [0.25, 0.3) is 0 Å². The van der Waals surface area contributed by atoms with E-state index in [1.165, 1.54) is 0 Å². The lowest BCUT2D eigenvalue weighted by Crippen LogP contribution is -2.35. The van der Waals surface area contributed by atoms with E-state index in [1.807, 2.05) is 6.92 Å². The van der Waals surface area contributed by atoms with Gasteiger partial charge in [-0.25, -0.2) is 0 Å². The fraction of sp³-hybridized carbons (Fsp3) is 0.800. The van der Waals surface area contributed by atoms with Crippen LogP contribution >= 0.6 is 0 Å². The Morgan fingerprint density at radius 1 is 1.69 bits per heavy atom. The summed E-state index contributed by atoms with van der Waals surface area (Å²) in [5, 5.41) is 0. The van der Waals surface area contributed by atoms with E-state index in [-0.39, 0.29) is 17.7 Å². The van der Waals surface area contributed by atoms with Crippen LogP contribution in [0.15, 0.2) is 0 Å². The molecule has 3 heteroatoms. The van der Waals surface area contributed by atoms with E-state index in [9.17, 15) is 9.59 Å². The Morgan fingerprint density at radius 3 is 2.69 bits per heavy atom. The molecular weight excluding hydrogens is 168 g/mol. The molecular formula is C10H16O3. The SMILES string of the molecule is CCOC(=O)C1(C)CCC(C)C1=O. The molecule has 1 saturated carbocycles. The van der Waals surface area contributed by atoms with Gasteiger partial charge in [-0.3, -0.25) is 9.59 Å². The van der Waals surface area contributed by atoms with Crippen LogP contribution in [0.1, 0.15) is 33.6 Å². The van der Waals surface area contributed by atoms with Gasteiger partial charge in [0, 0.05) is 5.92 Å². The minimum absolute atomic E-state index is 0.00871. The molecule has 0 aromatic heterocycles. The molecule has 74 valence electrons. The van der Waals surface area contributed by atoms with Gasteiger partial charge in [0.15, 0.2) is 5.78 Å². The Labute approximate surface area is 78.5 Å². The van der Waals surface area contributed by atoms with Crippen molar-refractivity contribution in [3.8, 4) is 0 Å². The van der Waals surface area contributed by atoms with Gasteiger partial charge in [-0.2, -0.15) is 0 Å². The highest BCUT2D eigenvalue weighted by Crippen LogP contribution is 2.38. The second-order valence-electron chi connectivity index (χ2n) is 3.86. The maximum Gasteiger partial charge on any atom is 0.319 e. The Morgan fingerprint density at radius 2 is 2.31 bits per heavy atom. The molecule has 0 heterocycles. The van der Waals surface area contributed by atoms with E-state index in [0.717, 1.165) is 6.42 Å². The monoisotopic (exact) mass is 184 g/mol. The van der Waals surface area contributed by atoms with E-state index in [1.54, 1.807) is 13.8 Å². The molecule has 2 unspecified atom stereocenters. The normalized spacial score (nSPS) is 33.5. The zero-order valence-corrected chi connectivity index (χ0v) is 8.42. The first-order valence-corrected chi connectivity index (χ1v) is 4.74. The minimum atomic E-state index is -0.866. The van der Waals surface area contributed by atoms with E-state index in [2.05, 4.69) is 0 Å². The number of esters is 1. The molecule has 0 amide bonds. The number of carbonyl (C=O) groups is 2. The Hall–Kier alpha value is -0.860. The van der Waals surface area contributed by atoms with Crippen molar-refractivity contribution >= 4 is 11.8 Å². The number of rotatable bonds is 2. The van der Waals surface area contributed by atoms with Gasteiger partial charge in [0.05, 0.1) is 6.61 Å². The number of hydrogen-bond donors (Lipinski definition) is 0. The van der Waals surface area contributed by atoms with Crippen LogP contribution < -0.4 is 0 Å². The highest BCUT2D eigenvalue weighted by molar-refractivity contribution is 6.05. The third kappa shape index (κ3) is 1.60. The number of carbonyl (C=O) groups excluding carboxylic acids is 2. The first-order valence-electron chi connectivity index (χ1n) is 4.74. The van der Waals surface area contributed by atoms with E-state index >= 15 is 0 Å². The fourth-order valence-corrected chi connectivity index (χ4v) is 1.80. The van der Waals surface area contributed by atoms with Gasteiger partial charge in [0.2, 0.25) is 0 Å². The first kappa shape index (κ1) is 10.2. The van der Waals surface area contributed by atoms with Crippen LogP contribution in [-0.2, 0) is 14.3 Å². The van der Waals surface area contributed by atoms with E-state index in [4.69, 9.17) is 4.74 Å². The third-order valence-corrected chi connectivity index (χ3v) is 2.79. The minimum Gasteiger partial charge on any atom is -0.465 e. The molecule has 1 aliphatic carbocycles. The lowest BCUT2D eigenvalue weighted by atomic mass is 9.87. The molecule has 0 saturated heterocycles. The van der Waals surface area contributed by atoms with Crippen LogP contribution in [0, 0.1) is 11.3 Å². The molecule has 0 aromatic carbocycles. The molecule has 1 fully saturated rings. The molecule has 1 rings (SSSR count). The van der Waals surface area contributed by atoms with Crippen molar-refractivity contribution in [2.24, 2.45) is 11.3 Å². The maximum atomic E-state index is 11.6. The van der Waals surface area contributed by atoms with Gasteiger partial charge in [-0.15, -0.1) is 0 Å². The van der Waals surface area contributed by atoms with E-state index < -0.39 is 5.41 Å². The van der Waals surface area contributed by atoms with Crippen LogP contribution in [0.5, 0.6) is 0 Å². The zero-order valence-electron chi connectivity index (χ0n) is 8.42. The fourth-order valence-electron chi connectivity index (χ4n) is 1.80. The number of Topliss-reactive ketones (excluding diaryl/α,β-unsaturated/α-hetero) is 1. The summed E-state index contributed by atoms with van der Waals surface area (Å²) in [4.78, 5) is 23.1. The number of ketones is 1. The van der Waals surface area contributed by atoms with Crippen molar-refractivity contribution in [3.63, 3.8) is 0 Å². The summed E-state index contributed by atoms with van der Waals surface area (Å²) in [5.74, 6) is -0.315. The standard InChI is InChI=1S/C10H16O3/c1-4-13-9(12)10(3)6-5-7(2)8(10)11/h7H,4-6H2,1-3H3. The summed E-state index contributed by atoms with van der Waals surface area (Å²) in [6, 6.07) is 0. The average molecular weight is 184 g/mol. The van der Waals surface area contributed by atoms with Gasteiger partial charge in [0.25, 0.3) is 0 Å². The summed E-state index contributed by atoms with van der Waals surface area (Å²) < 4.78 is 4.89. The summed E-state index contributed by atoms with van der Waals surface area (Å²) in [6.07, 6.45) is 1.43. The predicted octanol–water partition coefficient (Wildman–Crippen LogP) is 1.55. The molecule has 0 bridgehead atoms. The smallest absolute Gasteiger partial charge is 0.319 e. The van der Waals surface area contributed by atoms with Crippen molar-refractivity contribution in [1.82, 2.24) is 0 Å². The Bertz CT molecular complexity index is 234. The van der Waals surface area contributed by atoms with Gasteiger partial charge < -0.3 is 4.74 Å². The van der Waals surface area contributed by atoms with Gasteiger partial charge in [0.1, 0.15) is 5.41 Å². The topological polar surface area (TPSA) is 43.4 Å². The van der Waals surface area contributed by atoms with Crippen LogP contribution in [0.2, 0.25) is 0 Å². The molecule has 0 aliphatic heterocycles. The molecule has 0 N–H and O–H groups in total. The zero-order chi connectivity index (χ0) is 10.1. The summed E-state index contributed by atoms with van der Waals surface area (Å²) >= 11 is 0. The summed E-state index contributed by atoms with van der Waals surface area (Å²) in [6.45, 7) is 5.66. The third-order valence-electron chi connectivity index (χ3n) is 2.79. The quantitative estimate of drug-likeness (QED) is 0.483. The molecule has 13 heavy (non-hydrogen) atoms. The highest BCUT2D eigenvalue weighted by atomic mass is 16.5. The second-order valence-corrected chi connectivity index (χ2v) is 3.86. The van der Waals surface area contributed by atoms with Gasteiger partial charge in [-0.05, 0) is 26.7 Å². The molecule has 0 aromatic rings. The molecule has 2 atom stereocenters. The van der Waals surface area contributed by atoms with E-state index in [0.29, 0.717) is 13.0 Å². The van der Waals surface area contributed by atoms with Crippen molar-refractivity contribution in [2.75, 3.05) is 6.61 Å². The highest BCUT2D eigenvalue weighted by Gasteiger charge is 2.48. The molecule has 0 spiro atoms.